The van der Waals surface area contributed by atoms with Gasteiger partial charge >= 0.3 is 0 Å². The summed E-state index contributed by atoms with van der Waals surface area (Å²) < 4.78 is 43.4. The minimum absolute atomic E-state index is 0.113. The molecule has 1 aliphatic rings. The predicted octanol–water partition coefficient (Wildman–Crippen LogP) is 1.22. The van der Waals surface area contributed by atoms with E-state index in [1.54, 1.807) is 7.05 Å². The number of halogens is 1. The van der Waals surface area contributed by atoms with Gasteiger partial charge in [0.15, 0.2) is 9.84 Å². The summed E-state index contributed by atoms with van der Waals surface area (Å²) in [5.74, 6) is -0.648. The summed E-state index contributed by atoms with van der Waals surface area (Å²) in [5.41, 5.74) is 0. The molecular weight excluding hydrogens is 269 g/mol. The Kier molecular flexibility index (Phi) is 4.54. The quantitative estimate of drug-likeness (QED) is 0.885. The van der Waals surface area contributed by atoms with Crippen LogP contribution in [-0.2, 0) is 14.6 Å². The van der Waals surface area contributed by atoms with E-state index in [4.69, 9.17) is 4.74 Å². The van der Waals surface area contributed by atoms with Gasteiger partial charge < -0.3 is 10.1 Å². The van der Waals surface area contributed by atoms with Crippen molar-refractivity contribution >= 4 is 9.84 Å². The highest BCUT2D eigenvalue weighted by Gasteiger charge is 2.30. The zero-order valence-electron chi connectivity index (χ0n) is 10.8. The van der Waals surface area contributed by atoms with E-state index >= 15 is 0 Å². The fourth-order valence-corrected chi connectivity index (χ4v) is 4.09. The van der Waals surface area contributed by atoms with Crippen LogP contribution in [0.15, 0.2) is 29.2 Å². The Hall–Kier alpha value is -0.980. The van der Waals surface area contributed by atoms with Gasteiger partial charge in [-0.1, -0.05) is 12.1 Å². The van der Waals surface area contributed by atoms with Gasteiger partial charge in [-0.05, 0) is 25.6 Å². The van der Waals surface area contributed by atoms with Gasteiger partial charge in [0.2, 0.25) is 0 Å². The van der Waals surface area contributed by atoms with Gasteiger partial charge in [0.25, 0.3) is 0 Å². The summed E-state index contributed by atoms with van der Waals surface area (Å²) in [6, 6.07) is 5.27. The number of hydrogen-bond acceptors (Lipinski definition) is 4. The van der Waals surface area contributed by atoms with E-state index in [1.807, 2.05) is 0 Å². The van der Waals surface area contributed by atoms with Gasteiger partial charge in [-0.2, -0.15) is 0 Å². The third kappa shape index (κ3) is 3.32. The lowest BCUT2D eigenvalue weighted by Crippen LogP contribution is -2.40. The first kappa shape index (κ1) is 14.4. The molecule has 0 saturated carbocycles. The van der Waals surface area contributed by atoms with E-state index in [-0.39, 0.29) is 22.6 Å². The molecule has 1 saturated heterocycles. The third-order valence-electron chi connectivity index (χ3n) is 3.48. The van der Waals surface area contributed by atoms with Gasteiger partial charge in [-0.15, -0.1) is 0 Å². The third-order valence-corrected chi connectivity index (χ3v) is 5.27. The molecule has 0 aromatic heterocycles. The Morgan fingerprint density at radius 1 is 1.47 bits per heavy atom. The average molecular weight is 287 g/mol. The fraction of sp³-hybridized carbons (Fsp3) is 0.538. The van der Waals surface area contributed by atoms with Crippen molar-refractivity contribution < 1.29 is 17.5 Å². The Morgan fingerprint density at radius 3 is 2.79 bits per heavy atom. The SMILES string of the molecule is CNC(CS(=O)(=O)c1ccccc1F)C1CCOC1. The molecule has 106 valence electrons. The molecule has 1 aromatic rings. The second-order valence-electron chi connectivity index (χ2n) is 4.73. The molecule has 4 nitrogen and oxygen atoms in total. The normalized spacial score (nSPS) is 21.5. The van der Waals surface area contributed by atoms with Crippen LogP contribution in [0.2, 0.25) is 0 Å². The Balaban J connectivity index is 2.18. The molecule has 1 fully saturated rings. The fourth-order valence-electron chi connectivity index (χ4n) is 2.35. The van der Waals surface area contributed by atoms with Crippen LogP contribution in [0, 0.1) is 11.7 Å². The number of rotatable bonds is 5. The van der Waals surface area contributed by atoms with Crippen molar-refractivity contribution in [3.8, 4) is 0 Å². The van der Waals surface area contributed by atoms with Crippen LogP contribution in [0.1, 0.15) is 6.42 Å². The van der Waals surface area contributed by atoms with Crippen molar-refractivity contribution in [1.82, 2.24) is 5.32 Å². The van der Waals surface area contributed by atoms with Crippen LogP contribution in [0.4, 0.5) is 4.39 Å². The summed E-state index contributed by atoms with van der Waals surface area (Å²) in [6.45, 7) is 1.21. The van der Waals surface area contributed by atoms with Gasteiger partial charge in [-0.25, -0.2) is 12.8 Å². The largest absolute Gasteiger partial charge is 0.381 e. The molecule has 19 heavy (non-hydrogen) atoms. The highest BCUT2D eigenvalue weighted by Crippen LogP contribution is 2.22. The van der Waals surface area contributed by atoms with Crippen molar-refractivity contribution in [2.24, 2.45) is 5.92 Å². The maximum Gasteiger partial charge on any atom is 0.182 e. The van der Waals surface area contributed by atoms with Gasteiger partial charge in [-0.3, -0.25) is 0 Å². The van der Waals surface area contributed by atoms with Crippen LogP contribution in [-0.4, -0.2) is 40.5 Å². The molecule has 2 rings (SSSR count). The first-order valence-corrected chi connectivity index (χ1v) is 7.92. The van der Waals surface area contributed by atoms with Gasteiger partial charge in [0.1, 0.15) is 10.7 Å². The van der Waals surface area contributed by atoms with Crippen molar-refractivity contribution in [2.45, 2.75) is 17.4 Å². The molecule has 2 atom stereocenters. The highest BCUT2D eigenvalue weighted by molar-refractivity contribution is 7.91. The molecule has 1 aliphatic heterocycles. The van der Waals surface area contributed by atoms with E-state index < -0.39 is 15.7 Å². The van der Waals surface area contributed by atoms with E-state index in [9.17, 15) is 12.8 Å². The van der Waals surface area contributed by atoms with Crippen molar-refractivity contribution in [2.75, 3.05) is 26.0 Å². The van der Waals surface area contributed by atoms with Crippen molar-refractivity contribution in [3.63, 3.8) is 0 Å². The summed E-state index contributed by atoms with van der Waals surface area (Å²) in [7, 11) is -1.91. The number of nitrogens with one attached hydrogen (secondary N) is 1. The molecule has 0 aliphatic carbocycles. The Bertz CT molecular complexity index is 526. The molecule has 1 aromatic carbocycles. The number of sulfone groups is 1. The van der Waals surface area contributed by atoms with Crippen LogP contribution in [0.5, 0.6) is 0 Å². The molecule has 2 unspecified atom stereocenters. The lowest BCUT2D eigenvalue weighted by molar-refractivity contribution is 0.179. The second kappa shape index (κ2) is 5.98. The smallest absolute Gasteiger partial charge is 0.182 e. The predicted molar refractivity (Wildman–Crippen MR) is 70.2 cm³/mol. The Morgan fingerprint density at radius 2 is 2.21 bits per heavy atom. The van der Waals surface area contributed by atoms with Crippen LogP contribution < -0.4 is 5.32 Å². The molecule has 1 heterocycles. The lowest BCUT2D eigenvalue weighted by Gasteiger charge is -2.21. The zero-order valence-corrected chi connectivity index (χ0v) is 11.6. The topological polar surface area (TPSA) is 55.4 Å². The zero-order chi connectivity index (χ0) is 13.9. The molecule has 6 heteroatoms. The number of hydrogen-bond donors (Lipinski definition) is 1. The Labute approximate surface area is 112 Å². The van der Waals surface area contributed by atoms with E-state index in [1.165, 1.54) is 24.3 Å². The summed E-state index contributed by atoms with van der Waals surface area (Å²) in [6.07, 6.45) is 0.832. The number of ether oxygens (including phenoxy) is 1. The number of benzene rings is 1. The lowest BCUT2D eigenvalue weighted by atomic mass is 10.0. The maximum atomic E-state index is 13.6. The molecule has 0 spiro atoms. The molecule has 0 radical (unpaired) electrons. The van der Waals surface area contributed by atoms with Gasteiger partial charge in [0.05, 0.1) is 12.4 Å². The minimum atomic E-state index is -3.63. The van der Waals surface area contributed by atoms with E-state index in [2.05, 4.69) is 5.32 Å². The monoisotopic (exact) mass is 287 g/mol. The summed E-state index contributed by atoms with van der Waals surface area (Å²) in [4.78, 5) is -0.228. The van der Waals surface area contributed by atoms with Crippen LogP contribution in [0.3, 0.4) is 0 Å². The van der Waals surface area contributed by atoms with Gasteiger partial charge in [0, 0.05) is 18.6 Å². The first-order valence-electron chi connectivity index (χ1n) is 6.27. The minimum Gasteiger partial charge on any atom is -0.381 e. The first-order chi connectivity index (χ1) is 9.04. The van der Waals surface area contributed by atoms with Crippen molar-refractivity contribution in [3.05, 3.63) is 30.1 Å². The summed E-state index contributed by atoms with van der Waals surface area (Å²) >= 11 is 0. The van der Waals surface area contributed by atoms with Crippen molar-refractivity contribution in [1.29, 1.82) is 0 Å². The van der Waals surface area contributed by atoms with E-state index in [0.717, 1.165) is 6.42 Å². The van der Waals surface area contributed by atoms with E-state index in [0.29, 0.717) is 13.2 Å². The molecule has 1 N–H and O–H groups in total. The van der Waals surface area contributed by atoms with Crippen LogP contribution >= 0.6 is 0 Å². The average Bonchev–Trinajstić information content (AvgIpc) is 2.90. The molecular formula is C13H18FNO3S. The molecule has 0 bridgehead atoms. The standard InChI is InChI=1S/C13H18FNO3S/c1-15-12(10-6-7-18-8-10)9-19(16,17)13-5-3-2-4-11(13)14/h2-5,10,12,15H,6-9H2,1H3. The maximum absolute atomic E-state index is 13.6. The second-order valence-corrected chi connectivity index (χ2v) is 6.73. The molecule has 0 amide bonds. The highest BCUT2D eigenvalue weighted by atomic mass is 32.2. The summed E-state index contributed by atoms with van der Waals surface area (Å²) in [5, 5.41) is 3.01. The van der Waals surface area contributed by atoms with Crippen LogP contribution in [0.25, 0.3) is 0 Å².